The van der Waals surface area contributed by atoms with Gasteiger partial charge in [-0.3, -0.25) is 10.1 Å². The molecule has 0 bridgehead atoms. The molecule has 100 valence electrons. The number of ether oxygens (including phenoxy) is 1. The van der Waals surface area contributed by atoms with E-state index in [0.717, 1.165) is 0 Å². The molecule has 0 aliphatic carbocycles. The Morgan fingerprint density at radius 2 is 2.21 bits per heavy atom. The van der Waals surface area contributed by atoms with Crippen molar-refractivity contribution in [3.63, 3.8) is 0 Å². The SMILES string of the molecule is CCOC(=O)c1cc([N+](=O)[O-])c(C(F)F)cc1C#N. The predicted octanol–water partition coefficient (Wildman–Crippen LogP) is 2.58. The summed E-state index contributed by atoms with van der Waals surface area (Å²) in [4.78, 5) is 21.2. The molecule has 0 atom stereocenters. The first-order chi connectivity index (χ1) is 8.92. The van der Waals surface area contributed by atoms with E-state index in [1.807, 2.05) is 0 Å². The maximum atomic E-state index is 12.7. The summed E-state index contributed by atoms with van der Waals surface area (Å²) in [5.41, 5.74) is -2.62. The molecule has 8 heteroatoms. The van der Waals surface area contributed by atoms with Crippen LogP contribution in [0.25, 0.3) is 0 Å². The Morgan fingerprint density at radius 3 is 2.63 bits per heavy atom. The zero-order chi connectivity index (χ0) is 14.6. The number of nitriles is 1. The summed E-state index contributed by atoms with van der Waals surface area (Å²) in [5.74, 6) is -0.969. The third kappa shape index (κ3) is 3.01. The molecule has 1 aromatic carbocycles. The number of hydrogen-bond acceptors (Lipinski definition) is 5. The number of carbonyl (C=O) groups is 1. The lowest BCUT2D eigenvalue weighted by atomic mass is 10.0. The second-order valence-electron chi connectivity index (χ2n) is 3.35. The molecule has 0 unspecified atom stereocenters. The number of halogens is 2. The Bertz CT molecular complexity index is 567. The highest BCUT2D eigenvalue weighted by Crippen LogP contribution is 2.31. The van der Waals surface area contributed by atoms with Crippen molar-refractivity contribution in [3.05, 3.63) is 38.9 Å². The average Bonchev–Trinajstić information content (AvgIpc) is 2.37. The van der Waals surface area contributed by atoms with E-state index in [0.29, 0.717) is 12.1 Å². The second-order valence-corrected chi connectivity index (χ2v) is 3.35. The lowest BCUT2D eigenvalue weighted by molar-refractivity contribution is -0.386. The number of alkyl halides is 2. The molecule has 0 N–H and O–H groups in total. The third-order valence-electron chi connectivity index (χ3n) is 2.21. The maximum Gasteiger partial charge on any atom is 0.339 e. The molecule has 1 rings (SSSR count). The summed E-state index contributed by atoms with van der Waals surface area (Å²) in [6, 6.07) is 2.81. The van der Waals surface area contributed by atoms with Crippen LogP contribution in [-0.4, -0.2) is 17.5 Å². The van der Waals surface area contributed by atoms with Crippen molar-refractivity contribution in [2.45, 2.75) is 13.3 Å². The first-order valence-corrected chi connectivity index (χ1v) is 5.10. The fourth-order valence-electron chi connectivity index (χ4n) is 1.41. The topological polar surface area (TPSA) is 93.2 Å². The maximum absolute atomic E-state index is 12.7. The number of esters is 1. The van der Waals surface area contributed by atoms with Gasteiger partial charge >= 0.3 is 5.97 Å². The van der Waals surface area contributed by atoms with Gasteiger partial charge < -0.3 is 4.74 Å². The molecule has 0 amide bonds. The lowest BCUT2D eigenvalue weighted by Gasteiger charge is -2.07. The zero-order valence-electron chi connectivity index (χ0n) is 9.72. The van der Waals surface area contributed by atoms with Crippen molar-refractivity contribution in [3.8, 4) is 6.07 Å². The van der Waals surface area contributed by atoms with Crippen LogP contribution in [0.1, 0.15) is 34.8 Å². The van der Waals surface area contributed by atoms with Gasteiger partial charge in [0.2, 0.25) is 0 Å². The Morgan fingerprint density at radius 1 is 1.58 bits per heavy atom. The summed E-state index contributed by atoms with van der Waals surface area (Å²) >= 11 is 0. The minimum absolute atomic E-state index is 0.00585. The zero-order valence-corrected chi connectivity index (χ0v) is 9.72. The monoisotopic (exact) mass is 270 g/mol. The van der Waals surface area contributed by atoms with Gasteiger partial charge in [0.05, 0.1) is 28.2 Å². The number of nitro benzene ring substituents is 1. The molecule has 19 heavy (non-hydrogen) atoms. The highest BCUT2D eigenvalue weighted by molar-refractivity contribution is 5.93. The van der Waals surface area contributed by atoms with Gasteiger partial charge in [0, 0.05) is 6.07 Å². The van der Waals surface area contributed by atoms with Crippen LogP contribution < -0.4 is 0 Å². The van der Waals surface area contributed by atoms with Crippen LogP contribution in [-0.2, 0) is 4.74 Å². The molecular weight excluding hydrogens is 262 g/mol. The number of rotatable bonds is 4. The van der Waals surface area contributed by atoms with Crippen LogP contribution in [0.2, 0.25) is 0 Å². The van der Waals surface area contributed by atoms with Crippen LogP contribution in [0.3, 0.4) is 0 Å². The molecule has 0 aromatic heterocycles. The highest BCUT2D eigenvalue weighted by atomic mass is 19.3. The van der Waals surface area contributed by atoms with Gasteiger partial charge in [-0.2, -0.15) is 5.26 Å². The van der Waals surface area contributed by atoms with E-state index in [1.165, 1.54) is 13.0 Å². The van der Waals surface area contributed by atoms with Crippen LogP contribution in [0.15, 0.2) is 12.1 Å². The summed E-state index contributed by atoms with van der Waals surface area (Å²) < 4.78 is 29.9. The Kier molecular flexibility index (Phi) is 4.47. The number of benzene rings is 1. The van der Waals surface area contributed by atoms with E-state index in [4.69, 9.17) is 5.26 Å². The van der Waals surface area contributed by atoms with Crippen molar-refractivity contribution in [1.82, 2.24) is 0 Å². The fraction of sp³-hybridized carbons (Fsp3) is 0.273. The van der Waals surface area contributed by atoms with Gasteiger partial charge in [-0.1, -0.05) is 0 Å². The van der Waals surface area contributed by atoms with E-state index >= 15 is 0 Å². The van der Waals surface area contributed by atoms with Crippen molar-refractivity contribution < 1.29 is 23.2 Å². The average molecular weight is 270 g/mol. The summed E-state index contributed by atoms with van der Waals surface area (Å²) in [6.07, 6.45) is -3.12. The van der Waals surface area contributed by atoms with Crippen LogP contribution in [0.4, 0.5) is 14.5 Å². The number of hydrogen-bond donors (Lipinski definition) is 0. The fourth-order valence-corrected chi connectivity index (χ4v) is 1.41. The molecule has 0 fully saturated rings. The smallest absolute Gasteiger partial charge is 0.339 e. The quantitative estimate of drug-likeness (QED) is 0.476. The standard InChI is InChI=1S/C11H8F2N2O4/c1-2-19-11(16)7-4-9(15(17)18)8(10(12)13)3-6(7)5-14/h3-4,10H,2H2,1H3. The molecule has 1 aromatic rings. The Hall–Kier alpha value is -2.56. The number of carbonyl (C=O) groups excluding carboxylic acids is 1. The second kappa shape index (κ2) is 5.86. The number of nitro groups is 1. The van der Waals surface area contributed by atoms with E-state index in [1.54, 1.807) is 0 Å². The Balaban J connectivity index is 3.49. The van der Waals surface area contributed by atoms with E-state index in [9.17, 15) is 23.7 Å². The predicted molar refractivity (Wildman–Crippen MR) is 58.7 cm³/mol. The minimum Gasteiger partial charge on any atom is -0.462 e. The number of nitrogens with zero attached hydrogens (tertiary/aromatic N) is 2. The largest absolute Gasteiger partial charge is 0.462 e. The minimum atomic E-state index is -3.12. The first kappa shape index (κ1) is 14.5. The summed E-state index contributed by atoms with van der Waals surface area (Å²) in [6.45, 7) is 1.50. The molecule has 0 spiro atoms. The molecule has 0 heterocycles. The summed E-state index contributed by atoms with van der Waals surface area (Å²) in [7, 11) is 0. The molecule has 0 aliphatic heterocycles. The van der Waals surface area contributed by atoms with Gasteiger partial charge in [-0.15, -0.1) is 0 Å². The van der Waals surface area contributed by atoms with Gasteiger partial charge in [-0.05, 0) is 13.0 Å². The van der Waals surface area contributed by atoms with Crippen molar-refractivity contribution in [2.75, 3.05) is 6.61 Å². The molecule has 0 aliphatic rings. The first-order valence-electron chi connectivity index (χ1n) is 5.10. The molecule has 6 nitrogen and oxygen atoms in total. The van der Waals surface area contributed by atoms with Crippen LogP contribution in [0.5, 0.6) is 0 Å². The van der Waals surface area contributed by atoms with Crippen LogP contribution in [0, 0.1) is 21.4 Å². The van der Waals surface area contributed by atoms with Crippen LogP contribution >= 0.6 is 0 Å². The molecule has 0 radical (unpaired) electrons. The lowest BCUT2D eigenvalue weighted by Crippen LogP contribution is -2.09. The highest BCUT2D eigenvalue weighted by Gasteiger charge is 2.27. The van der Waals surface area contributed by atoms with Crippen molar-refractivity contribution in [1.29, 1.82) is 5.26 Å². The molecule has 0 saturated heterocycles. The third-order valence-corrected chi connectivity index (χ3v) is 2.21. The van der Waals surface area contributed by atoms with Crippen molar-refractivity contribution >= 4 is 11.7 Å². The van der Waals surface area contributed by atoms with E-state index in [2.05, 4.69) is 4.74 Å². The van der Waals surface area contributed by atoms with E-state index in [-0.39, 0.29) is 12.2 Å². The van der Waals surface area contributed by atoms with Gasteiger partial charge in [-0.25, -0.2) is 13.6 Å². The van der Waals surface area contributed by atoms with Gasteiger partial charge in [0.15, 0.2) is 0 Å². The van der Waals surface area contributed by atoms with Gasteiger partial charge in [0.1, 0.15) is 6.07 Å². The summed E-state index contributed by atoms with van der Waals surface area (Å²) in [5, 5.41) is 19.5. The van der Waals surface area contributed by atoms with Gasteiger partial charge in [0.25, 0.3) is 12.1 Å². The molecule has 0 saturated carbocycles. The molecular formula is C11H8F2N2O4. The Labute approximate surface area is 106 Å². The van der Waals surface area contributed by atoms with E-state index < -0.39 is 34.1 Å². The normalized spacial score (nSPS) is 10.1. The van der Waals surface area contributed by atoms with Crippen molar-refractivity contribution in [2.24, 2.45) is 0 Å².